The topological polar surface area (TPSA) is 38.0 Å². The van der Waals surface area contributed by atoms with Crippen molar-refractivity contribution in [2.75, 3.05) is 0 Å². The fourth-order valence-corrected chi connectivity index (χ4v) is 2.98. The van der Waals surface area contributed by atoms with Gasteiger partial charge in [0.25, 0.3) is 0 Å². The Labute approximate surface area is 103 Å². The van der Waals surface area contributed by atoms with Gasteiger partial charge in [-0.2, -0.15) is 5.10 Å². The minimum Gasteiger partial charge on any atom is -0.382 e. The summed E-state index contributed by atoms with van der Waals surface area (Å²) in [6.45, 7) is 0. The molecule has 0 saturated carbocycles. The lowest BCUT2D eigenvalue weighted by molar-refractivity contribution is 0.211. The quantitative estimate of drug-likeness (QED) is 0.752. The van der Waals surface area contributed by atoms with E-state index < -0.39 is 6.10 Å². The number of aromatic nitrogens is 2. The van der Waals surface area contributed by atoms with Gasteiger partial charge in [-0.15, -0.1) is 11.3 Å². The van der Waals surface area contributed by atoms with Crippen LogP contribution in [0.25, 0.3) is 10.1 Å². The molecule has 0 spiro atoms. The van der Waals surface area contributed by atoms with Gasteiger partial charge in [-0.05, 0) is 22.9 Å². The molecule has 17 heavy (non-hydrogen) atoms. The Morgan fingerprint density at radius 1 is 1.29 bits per heavy atom. The SMILES string of the molecule is Cn1nccc1C(O)c1cccc2ccsc12. The van der Waals surface area contributed by atoms with Gasteiger partial charge in [0.1, 0.15) is 6.10 Å². The number of fused-ring (bicyclic) bond motifs is 1. The van der Waals surface area contributed by atoms with E-state index >= 15 is 0 Å². The van der Waals surface area contributed by atoms with Crippen LogP contribution in [-0.4, -0.2) is 14.9 Å². The summed E-state index contributed by atoms with van der Waals surface area (Å²) in [6, 6.07) is 9.92. The Bertz CT molecular complexity index is 656. The third kappa shape index (κ3) is 1.66. The van der Waals surface area contributed by atoms with Crippen molar-refractivity contribution >= 4 is 21.4 Å². The van der Waals surface area contributed by atoms with Crippen LogP contribution in [0.2, 0.25) is 0 Å². The number of aryl methyl sites for hydroxylation is 1. The molecule has 0 fully saturated rings. The second-order valence-electron chi connectivity index (χ2n) is 3.97. The number of aliphatic hydroxyl groups is 1. The zero-order valence-electron chi connectivity index (χ0n) is 9.37. The summed E-state index contributed by atoms with van der Waals surface area (Å²) in [5, 5.41) is 17.7. The van der Waals surface area contributed by atoms with E-state index in [9.17, 15) is 5.11 Å². The molecule has 1 N–H and O–H groups in total. The second kappa shape index (κ2) is 3.98. The van der Waals surface area contributed by atoms with Crippen LogP contribution >= 0.6 is 11.3 Å². The average molecular weight is 244 g/mol. The predicted molar refractivity (Wildman–Crippen MR) is 69.1 cm³/mol. The van der Waals surface area contributed by atoms with E-state index in [2.05, 4.69) is 17.2 Å². The molecule has 0 aliphatic rings. The molecule has 0 saturated heterocycles. The molecular weight excluding hydrogens is 232 g/mol. The summed E-state index contributed by atoms with van der Waals surface area (Å²) < 4.78 is 2.85. The lowest BCUT2D eigenvalue weighted by atomic mass is 10.1. The first-order chi connectivity index (χ1) is 8.27. The molecule has 0 radical (unpaired) electrons. The lowest BCUT2D eigenvalue weighted by Gasteiger charge is -2.12. The minimum absolute atomic E-state index is 0.621. The number of hydrogen-bond acceptors (Lipinski definition) is 3. The van der Waals surface area contributed by atoms with Crippen LogP contribution in [0.15, 0.2) is 41.9 Å². The smallest absolute Gasteiger partial charge is 0.122 e. The number of rotatable bonds is 2. The van der Waals surface area contributed by atoms with Crippen LogP contribution in [0, 0.1) is 0 Å². The van der Waals surface area contributed by atoms with Crippen molar-refractivity contribution < 1.29 is 5.11 Å². The molecule has 3 nitrogen and oxygen atoms in total. The Morgan fingerprint density at radius 3 is 2.94 bits per heavy atom. The van der Waals surface area contributed by atoms with Crippen molar-refractivity contribution in [2.24, 2.45) is 7.05 Å². The molecule has 2 heterocycles. The highest BCUT2D eigenvalue weighted by atomic mass is 32.1. The van der Waals surface area contributed by atoms with Gasteiger partial charge in [0.05, 0.1) is 5.69 Å². The van der Waals surface area contributed by atoms with Gasteiger partial charge in [0.2, 0.25) is 0 Å². The predicted octanol–water partition coefficient (Wildman–Crippen LogP) is 2.72. The third-order valence-electron chi connectivity index (χ3n) is 2.94. The summed E-state index contributed by atoms with van der Waals surface area (Å²) >= 11 is 1.66. The van der Waals surface area contributed by atoms with Gasteiger partial charge in [0.15, 0.2) is 0 Å². The largest absolute Gasteiger partial charge is 0.382 e. The van der Waals surface area contributed by atoms with E-state index in [0.29, 0.717) is 0 Å². The minimum atomic E-state index is -0.621. The highest BCUT2D eigenvalue weighted by Gasteiger charge is 2.16. The van der Waals surface area contributed by atoms with Crippen LogP contribution in [0.1, 0.15) is 17.4 Å². The molecule has 0 bridgehead atoms. The van der Waals surface area contributed by atoms with E-state index in [1.54, 1.807) is 22.2 Å². The molecule has 86 valence electrons. The van der Waals surface area contributed by atoms with Gasteiger partial charge >= 0.3 is 0 Å². The van der Waals surface area contributed by atoms with E-state index in [1.807, 2.05) is 30.6 Å². The molecular formula is C13H12N2OS. The normalized spacial score (nSPS) is 13.1. The molecule has 3 aromatic rings. The van der Waals surface area contributed by atoms with Crippen LogP contribution in [0.3, 0.4) is 0 Å². The number of aliphatic hydroxyl groups excluding tert-OH is 1. The summed E-state index contributed by atoms with van der Waals surface area (Å²) in [6.07, 6.45) is 1.08. The van der Waals surface area contributed by atoms with Gasteiger partial charge < -0.3 is 5.11 Å². The summed E-state index contributed by atoms with van der Waals surface area (Å²) in [5.74, 6) is 0. The third-order valence-corrected chi connectivity index (χ3v) is 3.92. The monoisotopic (exact) mass is 244 g/mol. The zero-order valence-corrected chi connectivity index (χ0v) is 10.2. The molecule has 0 aliphatic carbocycles. The van der Waals surface area contributed by atoms with Gasteiger partial charge in [-0.1, -0.05) is 18.2 Å². The molecule has 4 heteroatoms. The fourth-order valence-electron chi connectivity index (χ4n) is 2.04. The standard InChI is InChI=1S/C13H12N2OS/c1-15-11(5-7-14-15)12(16)10-4-2-3-9-6-8-17-13(9)10/h2-8,12,16H,1H3. The van der Waals surface area contributed by atoms with Crippen molar-refractivity contribution in [1.29, 1.82) is 0 Å². The Hall–Kier alpha value is -1.65. The van der Waals surface area contributed by atoms with Crippen molar-refractivity contribution in [3.8, 4) is 0 Å². The molecule has 0 aliphatic heterocycles. The van der Waals surface area contributed by atoms with Crippen LogP contribution in [0.4, 0.5) is 0 Å². The number of thiophene rings is 1. The molecule has 0 amide bonds. The fraction of sp³-hybridized carbons (Fsp3) is 0.154. The molecule has 2 aromatic heterocycles. The Kier molecular flexibility index (Phi) is 2.46. The van der Waals surface area contributed by atoms with Crippen molar-refractivity contribution in [3.05, 3.63) is 53.2 Å². The molecule has 3 rings (SSSR count). The van der Waals surface area contributed by atoms with Crippen LogP contribution in [-0.2, 0) is 7.05 Å². The lowest BCUT2D eigenvalue weighted by Crippen LogP contribution is -2.06. The van der Waals surface area contributed by atoms with Gasteiger partial charge in [-0.25, -0.2) is 0 Å². The number of nitrogens with zero attached hydrogens (tertiary/aromatic N) is 2. The Morgan fingerprint density at radius 2 is 2.18 bits per heavy atom. The van der Waals surface area contributed by atoms with Crippen molar-refractivity contribution in [3.63, 3.8) is 0 Å². The first-order valence-corrected chi connectivity index (χ1v) is 6.27. The van der Waals surface area contributed by atoms with Gasteiger partial charge in [-0.3, -0.25) is 4.68 Å². The summed E-state index contributed by atoms with van der Waals surface area (Å²) in [7, 11) is 1.84. The zero-order chi connectivity index (χ0) is 11.8. The number of benzene rings is 1. The highest BCUT2D eigenvalue weighted by Crippen LogP contribution is 2.31. The van der Waals surface area contributed by atoms with Crippen LogP contribution < -0.4 is 0 Å². The van der Waals surface area contributed by atoms with Crippen molar-refractivity contribution in [1.82, 2.24) is 9.78 Å². The Balaban J connectivity index is 2.15. The maximum absolute atomic E-state index is 10.4. The van der Waals surface area contributed by atoms with Gasteiger partial charge in [0, 0.05) is 23.5 Å². The maximum atomic E-state index is 10.4. The molecule has 1 unspecified atom stereocenters. The first kappa shape index (κ1) is 10.5. The van der Waals surface area contributed by atoms with Crippen LogP contribution in [0.5, 0.6) is 0 Å². The van der Waals surface area contributed by atoms with E-state index in [1.165, 1.54) is 5.39 Å². The second-order valence-corrected chi connectivity index (χ2v) is 4.88. The average Bonchev–Trinajstić information content (AvgIpc) is 2.95. The maximum Gasteiger partial charge on any atom is 0.122 e. The van der Waals surface area contributed by atoms with E-state index in [0.717, 1.165) is 16.0 Å². The number of hydrogen-bond donors (Lipinski definition) is 1. The van der Waals surface area contributed by atoms with E-state index in [-0.39, 0.29) is 0 Å². The first-order valence-electron chi connectivity index (χ1n) is 5.39. The molecule has 1 atom stereocenters. The highest BCUT2D eigenvalue weighted by molar-refractivity contribution is 7.17. The van der Waals surface area contributed by atoms with Crippen molar-refractivity contribution in [2.45, 2.75) is 6.10 Å². The summed E-state index contributed by atoms with van der Waals surface area (Å²) in [4.78, 5) is 0. The van der Waals surface area contributed by atoms with E-state index in [4.69, 9.17) is 0 Å². The summed E-state index contributed by atoms with van der Waals surface area (Å²) in [5.41, 5.74) is 1.76. The molecule has 1 aromatic carbocycles.